The van der Waals surface area contributed by atoms with Gasteiger partial charge in [0.25, 0.3) is 11.8 Å². The Labute approximate surface area is 163 Å². The molecule has 148 valence electrons. The van der Waals surface area contributed by atoms with Gasteiger partial charge in [-0.2, -0.15) is 0 Å². The molecule has 2 heterocycles. The van der Waals surface area contributed by atoms with Gasteiger partial charge < -0.3 is 19.9 Å². The molecule has 0 aliphatic carbocycles. The maximum atomic E-state index is 12.8. The summed E-state index contributed by atoms with van der Waals surface area (Å²) in [6.45, 7) is 2.94. The molecule has 8 nitrogen and oxygen atoms in total. The Bertz CT molecular complexity index is 886. The summed E-state index contributed by atoms with van der Waals surface area (Å²) in [5.74, 6) is -0.463. The Kier molecular flexibility index (Phi) is 6.20. The van der Waals surface area contributed by atoms with Crippen molar-refractivity contribution in [2.75, 3.05) is 25.6 Å². The zero-order valence-electron chi connectivity index (χ0n) is 16.1. The van der Waals surface area contributed by atoms with E-state index in [1.165, 1.54) is 6.92 Å². The van der Waals surface area contributed by atoms with Gasteiger partial charge in [0.1, 0.15) is 0 Å². The Morgan fingerprint density at radius 3 is 2.57 bits per heavy atom. The SMILES string of the molecule is COCCNC(=O)c1nc(C(=O)Nc2ccc(C(C)=O)cc2)c2n1CCCC2. The number of Topliss-reactive ketones (excluding diaryl/α,β-unsaturated/α-hetero) is 1. The second-order valence-corrected chi connectivity index (χ2v) is 6.68. The Hall–Kier alpha value is -3.00. The molecule has 28 heavy (non-hydrogen) atoms. The first-order chi connectivity index (χ1) is 13.5. The number of carbonyl (C=O) groups excluding carboxylic acids is 3. The Balaban J connectivity index is 1.81. The number of ether oxygens (including phenoxy) is 1. The summed E-state index contributed by atoms with van der Waals surface area (Å²) in [6.07, 6.45) is 2.59. The maximum Gasteiger partial charge on any atom is 0.287 e. The van der Waals surface area contributed by atoms with Gasteiger partial charge in [-0.05, 0) is 50.5 Å². The van der Waals surface area contributed by atoms with Crippen LogP contribution in [0.1, 0.15) is 56.9 Å². The van der Waals surface area contributed by atoms with Crippen molar-refractivity contribution in [2.45, 2.75) is 32.7 Å². The van der Waals surface area contributed by atoms with Crippen LogP contribution < -0.4 is 10.6 Å². The van der Waals surface area contributed by atoms with E-state index in [4.69, 9.17) is 4.74 Å². The standard InChI is InChI=1S/C20H24N4O4/c1-13(25)14-6-8-15(9-7-14)22-19(26)17-16-5-3-4-11-24(16)18(23-17)20(27)21-10-12-28-2/h6-9H,3-5,10-12H2,1-2H3,(H,21,27)(H,22,26). The molecule has 0 fully saturated rings. The van der Waals surface area contributed by atoms with E-state index >= 15 is 0 Å². The van der Waals surface area contributed by atoms with Gasteiger partial charge >= 0.3 is 0 Å². The van der Waals surface area contributed by atoms with E-state index < -0.39 is 0 Å². The van der Waals surface area contributed by atoms with Crippen LogP contribution in [0, 0.1) is 0 Å². The lowest BCUT2D eigenvalue weighted by Gasteiger charge is -2.17. The summed E-state index contributed by atoms with van der Waals surface area (Å²) in [5, 5.41) is 5.56. The van der Waals surface area contributed by atoms with Gasteiger partial charge in [-0.25, -0.2) is 4.98 Å². The summed E-state index contributed by atoms with van der Waals surface area (Å²) in [5.41, 5.74) is 2.19. The first-order valence-electron chi connectivity index (χ1n) is 9.30. The molecule has 0 bridgehead atoms. The van der Waals surface area contributed by atoms with Gasteiger partial charge in [0.05, 0.1) is 12.3 Å². The van der Waals surface area contributed by atoms with Crippen LogP contribution in [0.2, 0.25) is 0 Å². The average molecular weight is 384 g/mol. The number of nitrogens with one attached hydrogen (secondary N) is 2. The first-order valence-corrected chi connectivity index (χ1v) is 9.30. The van der Waals surface area contributed by atoms with Gasteiger partial charge in [0.2, 0.25) is 0 Å². The number of hydrogen-bond donors (Lipinski definition) is 2. The minimum atomic E-state index is -0.364. The molecule has 0 saturated heterocycles. The molecule has 0 atom stereocenters. The highest BCUT2D eigenvalue weighted by Crippen LogP contribution is 2.22. The highest BCUT2D eigenvalue weighted by atomic mass is 16.5. The zero-order valence-corrected chi connectivity index (χ0v) is 16.1. The summed E-state index contributed by atoms with van der Waals surface area (Å²) < 4.78 is 6.78. The van der Waals surface area contributed by atoms with Crippen LogP contribution in [0.3, 0.4) is 0 Å². The van der Waals surface area contributed by atoms with Gasteiger partial charge in [-0.1, -0.05) is 0 Å². The molecule has 0 radical (unpaired) electrons. The predicted molar refractivity (Wildman–Crippen MR) is 104 cm³/mol. The van der Waals surface area contributed by atoms with E-state index in [-0.39, 0.29) is 29.1 Å². The van der Waals surface area contributed by atoms with E-state index in [0.717, 1.165) is 18.5 Å². The quantitative estimate of drug-likeness (QED) is 0.562. The molecule has 1 aliphatic rings. The molecule has 0 spiro atoms. The van der Waals surface area contributed by atoms with Crippen LogP contribution in [0.4, 0.5) is 5.69 Å². The number of benzene rings is 1. The largest absolute Gasteiger partial charge is 0.383 e. The number of aromatic nitrogens is 2. The fourth-order valence-electron chi connectivity index (χ4n) is 3.22. The molecular weight excluding hydrogens is 360 g/mol. The molecule has 8 heteroatoms. The number of methoxy groups -OCH3 is 1. The van der Waals surface area contributed by atoms with Gasteiger partial charge in [0, 0.05) is 31.5 Å². The number of fused-ring (bicyclic) bond motifs is 1. The monoisotopic (exact) mass is 384 g/mol. The van der Waals surface area contributed by atoms with Gasteiger partial charge in [0.15, 0.2) is 17.3 Å². The Morgan fingerprint density at radius 1 is 1.14 bits per heavy atom. The predicted octanol–water partition coefficient (Wildman–Crippen LogP) is 2.05. The summed E-state index contributed by atoms with van der Waals surface area (Å²) in [4.78, 5) is 41.0. The third-order valence-corrected chi connectivity index (χ3v) is 4.68. The topological polar surface area (TPSA) is 102 Å². The van der Waals surface area contributed by atoms with Crippen molar-refractivity contribution >= 4 is 23.3 Å². The second-order valence-electron chi connectivity index (χ2n) is 6.68. The zero-order chi connectivity index (χ0) is 20.1. The van der Waals surface area contributed by atoms with Crippen LogP contribution in [0.5, 0.6) is 0 Å². The number of ketones is 1. The molecule has 1 aromatic heterocycles. The number of anilines is 1. The van der Waals surface area contributed by atoms with E-state index in [9.17, 15) is 14.4 Å². The van der Waals surface area contributed by atoms with Crippen molar-refractivity contribution in [3.63, 3.8) is 0 Å². The molecule has 2 N–H and O–H groups in total. The molecule has 1 aromatic carbocycles. The van der Waals surface area contributed by atoms with Crippen molar-refractivity contribution in [2.24, 2.45) is 0 Å². The van der Waals surface area contributed by atoms with Crippen molar-refractivity contribution in [1.29, 1.82) is 0 Å². The first kappa shape index (κ1) is 19.8. The van der Waals surface area contributed by atoms with Crippen LogP contribution in [-0.2, 0) is 17.7 Å². The smallest absolute Gasteiger partial charge is 0.287 e. The maximum absolute atomic E-state index is 12.8. The van der Waals surface area contributed by atoms with Crippen LogP contribution >= 0.6 is 0 Å². The normalized spacial score (nSPS) is 12.9. The lowest BCUT2D eigenvalue weighted by Crippen LogP contribution is -2.30. The van der Waals surface area contributed by atoms with Crippen LogP contribution in [0.25, 0.3) is 0 Å². The number of imidazole rings is 1. The second kappa shape index (κ2) is 8.79. The van der Waals surface area contributed by atoms with E-state index in [1.807, 2.05) is 4.57 Å². The third kappa shape index (κ3) is 4.28. The highest BCUT2D eigenvalue weighted by molar-refractivity contribution is 6.05. The third-order valence-electron chi connectivity index (χ3n) is 4.68. The molecular formula is C20H24N4O4. The minimum absolute atomic E-state index is 0.0369. The average Bonchev–Trinajstić information content (AvgIpc) is 3.08. The van der Waals surface area contributed by atoms with E-state index in [0.29, 0.717) is 37.4 Å². The molecule has 3 rings (SSSR count). The number of rotatable bonds is 7. The number of hydrogen-bond acceptors (Lipinski definition) is 5. The number of amides is 2. The fraction of sp³-hybridized carbons (Fsp3) is 0.400. The summed E-state index contributed by atoms with van der Waals surface area (Å²) in [7, 11) is 1.56. The lowest BCUT2D eigenvalue weighted by molar-refractivity contribution is 0.0920. The molecule has 0 saturated carbocycles. The summed E-state index contributed by atoms with van der Waals surface area (Å²) >= 11 is 0. The summed E-state index contributed by atoms with van der Waals surface area (Å²) in [6, 6.07) is 6.68. The molecule has 0 unspecified atom stereocenters. The molecule has 2 amide bonds. The Morgan fingerprint density at radius 2 is 1.89 bits per heavy atom. The number of nitrogens with zero attached hydrogens (tertiary/aromatic N) is 2. The van der Waals surface area contributed by atoms with Crippen LogP contribution in [-0.4, -0.2) is 47.4 Å². The number of carbonyl (C=O) groups is 3. The fourth-order valence-corrected chi connectivity index (χ4v) is 3.22. The molecule has 1 aliphatic heterocycles. The minimum Gasteiger partial charge on any atom is -0.383 e. The van der Waals surface area contributed by atoms with E-state index in [1.54, 1.807) is 31.4 Å². The molecule has 2 aromatic rings. The van der Waals surface area contributed by atoms with Crippen molar-refractivity contribution in [1.82, 2.24) is 14.9 Å². The van der Waals surface area contributed by atoms with Gasteiger partial charge in [-0.15, -0.1) is 0 Å². The van der Waals surface area contributed by atoms with E-state index in [2.05, 4.69) is 15.6 Å². The van der Waals surface area contributed by atoms with Crippen LogP contribution in [0.15, 0.2) is 24.3 Å². The van der Waals surface area contributed by atoms with Crippen molar-refractivity contribution in [3.05, 3.63) is 47.0 Å². The lowest BCUT2D eigenvalue weighted by atomic mass is 10.1. The van der Waals surface area contributed by atoms with Crippen molar-refractivity contribution in [3.8, 4) is 0 Å². The van der Waals surface area contributed by atoms with Crippen molar-refractivity contribution < 1.29 is 19.1 Å². The van der Waals surface area contributed by atoms with Gasteiger partial charge in [-0.3, -0.25) is 14.4 Å². The highest BCUT2D eigenvalue weighted by Gasteiger charge is 2.27.